The van der Waals surface area contributed by atoms with E-state index in [0.717, 1.165) is 25.8 Å². The fourth-order valence-electron chi connectivity index (χ4n) is 2.28. The maximum atomic E-state index is 11.7. The summed E-state index contributed by atoms with van der Waals surface area (Å²) >= 11 is 0. The first-order valence-corrected chi connectivity index (χ1v) is 5.08. The first kappa shape index (κ1) is 8.79. The summed E-state index contributed by atoms with van der Waals surface area (Å²) < 4.78 is 0. The molecule has 1 saturated heterocycles. The maximum absolute atomic E-state index is 11.7. The highest BCUT2D eigenvalue weighted by atomic mass is 16.2. The summed E-state index contributed by atoms with van der Waals surface area (Å²) in [6.07, 6.45) is 6.30. The molecule has 0 saturated carbocycles. The quantitative estimate of drug-likeness (QED) is 0.559. The predicted octanol–water partition coefficient (Wildman–Crippen LogP) is 2.31. The van der Waals surface area contributed by atoms with E-state index in [9.17, 15) is 4.79 Å². The first-order chi connectivity index (χ1) is 6.08. The van der Waals surface area contributed by atoms with Gasteiger partial charge in [-0.25, -0.2) is 0 Å². The van der Waals surface area contributed by atoms with Crippen molar-refractivity contribution in [3.05, 3.63) is 11.8 Å². The monoisotopic (exact) mass is 179 g/mol. The maximum Gasteiger partial charge on any atom is 0.227 e. The van der Waals surface area contributed by atoms with Crippen molar-refractivity contribution >= 4 is 5.91 Å². The van der Waals surface area contributed by atoms with E-state index in [2.05, 4.69) is 19.9 Å². The summed E-state index contributed by atoms with van der Waals surface area (Å²) in [6.45, 7) is 5.30. The van der Waals surface area contributed by atoms with Crippen LogP contribution < -0.4 is 0 Å². The molecule has 2 heterocycles. The number of rotatable bonds is 0. The summed E-state index contributed by atoms with van der Waals surface area (Å²) in [4.78, 5) is 13.7. The van der Waals surface area contributed by atoms with Crippen molar-refractivity contribution in [1.82, 2.24) is 4.90 Å². The van der Waals surface area contributed by atoms with Gasteiger partial charge in [-0.15, -0.1) is 0 Å². The molecule has 0 aromatic heterocycles. The number of fused-ring (bicyclic) bond motifs is 1. The molecule has 0 aromatic rings. The fraction of sp³-hybridized carbons (Fsp3) is 0.727. The van der Waals surface area contributed by atoms with Crippen LogP contribution in [0, 0.1) is 5.41 Å². The molecule has 72 valence electrons. The smallest absolute Gasteiger partial charge is 0.227 e. The molecule has 0 aliphatic carbocycles. The Morgan fingerprint density at radius 1 is 1.38 bits per heavy atom. The van der Waals surface area contributed by atoms with Crippen LogP contribution >= 0.6 is 0 Å². The average molecular weight is 179 g/mol. The van der Waals surface area contributed by atoms with Crippen molar-refractivity contribution < 1.29 is 4.79 Å². The highest BCUT2D eigenvalue weighted by Crippen LogP contribution is 2.38. The van der Waals surface area contributed by atoms with Crippen LogP contribution in [0.1, 0.15) is 39.5 Å². The van der Waals surface area contributed by atoms with E-state index in [1.165, 1.54) is 5.70 Å². The second-order valence-corrected chi connectivity index (χ2v) is 4.90. The lowest BCUT2D eigenvalue weighted by Gasteiger charge is -2.40. The van der Waals surface area contributed by atoms with Crippen LogP contribution in [0.25, 0.3) is 0 Å². The molecule has 1 fully saturated rings. The van der Waals surface area contributed by atoms with Crippen molar-refractivity contribution in [3.63, 3.8) is 0 Å². The Bertz CT molecular complexity index is 265. The number of hydrogen-bond donors (Lipinski definition) is 0. The van der Waals surface area contributed by atoms with E-state index in [4.69, 9.17) is 0 Å². The van der Waals surface area contributed by atoms with Crippen LogP contribution in [0.5, 0.6) is 0 Å². The molecule has 2 nitrogen and oxygen atoms in total. The third kappa shape index (κ3) is 1.62. The number of nitrogens with zero attached hydrogens (tertiary/aromatic N) is 1. The van der Waals surface area contributed by atoms with Gasteiger partial charge < -0.3 is 4.90 Å². The van der Waals surface area contributed by atoms with E-state index < -0.39 is 0 Å². The minimum absolute atomic E-state index is 0.177. The lowest BCUT2D eigenvalue weighted by Crippen LogP contribution is -2.42. The Labute approximate surface area is 79.6 Å². The van der Waals surface area contributed by atoms with Crippen molar-refractivity contribution in [2.75, 3.05) is 6.54 Å². The van der Waals surface area contributed by atoms with E-state index in [-0.39, 0.29) is 5.41 Å². The van der Waals surface area contributed by atoms with E-state index >= 15 is 0 Å². The van der Waals surface area contributed by atoms with Crippen LogP contribution in [0.2, 0.25) is 0 Å². The van der Waals surface area contributed by atoms with Crippen molar-refractivity contribution in [3.8, 4) is 0 Å². The molecule has 2 aliphatic rings. The Balaban J connectivity index is 2.25. The van der Waals surface area contributed by atoms with Gasteiger partial charge in [0, 0.05) is 18.7 Å². The lowest BCUT2D eigenvalue weighted by atomic mass is 9.79. The second kappa shape index (κ2) is 2.86. The Morgan fingerprint density at radius 3 is 2.92 bits per heavy atom. The molecule has 2 rings (SSSR count). The molecule has 0 radical (unpaired) electrons. The number of piperidine rings is 1. The van der Waals surface area contributed by atoms with Crippen LogP contribution in [0.3, 0.4) is 0 Å². The Hall–Kier alpha value is -0.790. The Morgan fingerprint density at radius 2 is 2.15 bits per heavy atom. The van der Waals surface area contributed by atoms with E-state index in [1.54, 1.807) is 0 Å². The number of hydrogen-bond acceptors (Lipinski definition) is 1. The fourth-order valence-corrected chi connectivity index (χ4v) is 2.28. The SMILES string of the molecule is CC1(C)CC(=O)N2CCCC=C2C1. The summed E-state index contributed by atoms with van der Waals surface area (Å²) in [6, 6.07) is 0. The van der Waals surface area contributed by atoms with E-state index in [0.29, 0.717) is 12.3 Å². The van der Waals surface area contributed by atoms with Crippen LogP contribution in [0.4, 0.5) is 0 Å². The van der Waals surface area contributed by atoms with Gasteiger partial charge in [0.1, 0.15) is 0 Å². The normalized spacial score (nSPS) is 26.8. The van der Waals surface area contributed by atoms with Gasteiger partial charge in [-0.2, -0.15) is 0 Å². The zero-order chi connectivity index (χ0) is 9.47. The largest absolute Gasteiger partial charge is 0.316 e. The van der Waals surface area contributed by atoms with Crippen molar-refractivity contribution in [2.45, 2.75) is 39.5 Å². The zero-order valence-corrected chi connectivity index (χ0v) is 8.47. The van der Waals surface area contributed by atoms with Crippen molar-refractivity contribution in [1.29, 1.82) is 0 Å². The molecule has 0 aromatic carbocycles. The second-order valence-electron chi connectivity index (χ2n) is 4.90. The standard InChI is InChI=1S/C11H17NO/c1-11(2)7-9-5-3-4-6-12(9)10(13)8-11/h5H,3-4,6-8H2,1-2H3. The third-order valence-electron chi connectivity index (χ3n) is 2.90. The van der Waals surface area contributed by atoms with Gasteiger partial charge in [-0.05, 0) is 24.7 Å². The minimum atomic E-state index is 0.177. The number of amides is 1. The molecule has 2 aliphatic heterocycles. The zero-order valence-electron chi connectivity index (χ0n) is 8.47. The average Bonchev–Trinajstić information content (AvgIpc) is 2.02. The van der Waals surface area contributed by atoms with Gasteiger partial charge in [0.15, 0.2) is 0 Å². The molecule has 2 heteroatoms. The van der Waals surface area contributed by atoms with Gasteiger partial charge >= 0.3 is 0 Å². The van der Waals surface area contributed by atoms with Gasteiger partial charge in [-0.3, -0.25) is 4.79 Å². The summed E-state index contributed by atoms with van der Waals surface area (Å²) in [5, 5.41) is 0. The highest BCUT2D eigenvalue weighted by Gasteiger charge is 2.35. The van der Waals surface area contributed by atoms with Gasteiger partial charge in [0.25, 0.3) is 0 Å². The molecular formula is C11H17NO. The molecule has 0 spiro atoms. The van der Waals surface area contributed by atoms with Crippen LogP contribution in [-0.2, 0) is 4.79 Å². The first-order valence-electron chi connectivity index (χ1n) is 5.08. The number of carbonyl (C=O) groups is 1. The number of carbonyl (C=O) groups excluding carboxylic acids is 1. The summed E-state index contributed by atoms with van der Waals surface area (Å²) in [7, 11) is 0. The van der Waals surface area contributed by atoms with Crippen LogP contribution in [-0.4, -0.2) is 17.4 Å². The predicted molar refractivity (Wildman–Crippen MR) is 52.0 cm³/mol. The van der Waals surface area contributed by atoms with Gasteiger partial charge in [0.05, 0.1) is 0 Å². The van der Waals surface area contributed by atoms with E-state index in [1.807, 2.05) is 4.90 Å². The number of allylic oxidation sites excluding steroid dienone is 2. The molecule has 0 atom stereocenters. The summed E-state index contributed by atoms with van der Waals surface area (Å²) in [5.41, 5.74) is 1.45. The molecular weight excluding hydrogens is 162 g/mol. The van der Waals surface area contributed by atoms with Crippen LogP contribution in [0.15, 0.2) is 11.8 Å². The van der Waals surface area contributed by atoms with Crippen molar-refractivity contribution in [2.24, 2.45) is 5.41 Å². The third-order valence-corrected chi connectivity index (χ3v) is 2.90. The minimum Gasteiger partial charge on any atom is -0.316 e. The molecule has 0 N–H and O–H groups in total. The molecule has 13 heavy (non-hydrogen) atoms. The lowest BCUT2D eigenvalue weighted by molar-refractivity contribution is -0.134. The van der Waals surface area contributed by atoms with Gasteiger partial charge in [-0.1, -0.05) is 19.9 Å². The topological polar surface area (TPSA) is 20.3 Å². The molecule has 0 unspecified atom stereocenters. The summed E-state index contributed by atoms with van der Waals surface area (Å²) in [5.74, 6) is 0.321. The Kier molecular flexibility index (Phi) is 1.94. The molecule has 1 amide bonds. The van der Waals surface area contributed by atoms with Gasteiger partial charge in [0.2, 0.25) is 5.91 Å². The molecule has 0 bridgehead atoms. The highest BCUT2D eigenvalue weighted by molar-refractivity contribution is 5.80.